The van der Waals surface area contributed by atoms with Crippen molar-refractivity contribution in [3.05, 3.63) is 72.9 Å². The van der Waals surface area contributed by atoms with Crippen molar-refractivity contribution in [3.8, 4) is 0 Å². The topological polar surface area (TPSA) is 108 Å². The summed E-state index contributed by atoms with van der Waals surface area (Å²) in [6, 6.07) is -0.916. The summed E-state index contributed by atoms with van der Waals surface area (Å²) in [5.41, 5.74) is 0. The van der Waals surface area contributed by atoms with E-state index in [-0.39, 0.29) is 12.5 Å². The number of hydrogen-bond donors (Lipinski definition) is 2. The molecular formula is C64H119N2O6P. The molecule has 0 radical (unpaired) electrons. The van der Waals surface area contributed by atoms with E-state index >= 15 is 0 Å². The normalized spacial score (nSPS) is 14.3. The summed E-state index contributed by atoms with van der Waals surface area (Å²) in [6.45, 7) is 4.52. The number of aliphatic hydroxyl groups is 1. The van der Waals surface area contributed by atoms with Crippen molar-refractivity contribution in [1.29, 1.82) is 0 Å². The minimum absolute atomic E-state index is 0.0125. The summed E-state index contributed by atoms with van der Waals surface area (Å²) in [4.78, 5) is 25.5. The van der Waals surface area contributed by atoms with Crippen LogP contribution in [-0.4, -0.2) is 68.5 Å². The lowest BCUT2D eigenvalue weighted by atomic mass is 10.0. The van der Waals surface area contributed by atoms with Crippen molar-refractivity contribution in [1.82, 2.24) is 5.32 Å². The summed E-state index contributed by atoms with van der Waals surface area (Å²) in [6.07, 6.45) is 75.8. The first kappa shape index (κ1) is 70.9. The quantitative estimate of drug-likeness (QED) is 0.0272. The van der Waals surface area contributed by atoms with E-state index in [1.54, 1.807) is 6.08 Å². The van der Waals surface area contributed by atoms with Crippen molar-refractivity contribution < 1.29 is 32.9 Å². The lowest BCUT2D eigenvalue weighted by molar-refractivity contribution is -0.870. The molecule has 0 aromatic carbocycles. The van der Waals surface area contributed by atoms with E-state index in [0.717, 1.165) is 77.0 Å². The van der Waals surface area contributed by atoms with Crippen LogP contribution in [0.3, 0.4) is 0 Å². The number of phosphoric ester groups is 1. The maximum absolute atomic E-state index is 13.0. The second-order valence-electron chi connectivity index (χ2n) is 22.0. The number of nitrogens with zero attached hydrogens (tertiary/aromatic N) is 1. The number of rotatable bonds is 56. The number of likely N-dealkylation sites (N-methyl/N-ethyl adjacent to an activating group) is 1. The van der Waals surface area contributed by atoms with Crippen LogP contribution < -0.4 is 10.2 Å². The first-order chi connectivity index (χ1) is 35.5. The number of carbonyl (C=O) groups excluding carboxylic acids is 1. The van der Waals surface area contributed by atoms with Gasteiger partial charge in [0, 0.05) is 6.42 Å². The van der Waals surface area contributed by atoms with Gasteiger partial charge in [-0.25, -0.2) is 0 Å². The van der Waals surface area contributed by atoms with E-state index in [9.17, 15) is 19.4 Å². The molecule has 0 saturated heterocycles. The maximum atomic E-state index is 13.0. The predicted octanol–water partition coefficient (Wildman–Crippen LogP) is 18.4. The number of hydrogen-bond acceptors (Lipinski definition) is 6. The Labute approximate surface area is 453 Å². The number of unbranched alkanes of at least 4 members (excludes halogenated alkanes) is 33. The van der Waals surface area contributed by atoms with Gasteiger partial charge in [0.25, 0.3) is 7.82 Å². The first-order valence-corrected chi connectivity index (χ1v) is 32.3. The van der Waals surface area contributed by atoms with Crippen molar-refractivity contribution in [2.24, 2.45) is 0 Å². The monoisotopic (exact) mass is 1040 g/mol. The zero-order chi connectivity index (χ0) is 53.5. The molecule has 9 heteroatoms. The largest absolute Gasteiger partial charge is 0.756 e. The molecule has 0 saturated carbocycles. The van der Waals surface area contributed by atoms with Crippen LogP contribution in [0.2, 0.25) is 0 Å². The zero-order valence-electron chi connectivity index (χ0n) is 48.6. The average Bonchev–Trinajstić information content (AvgIpc) is 3.35. The second-order valence-corrected chi connectivity index (χ2v) is 23.4. The van der Waals surface area contributed by atoms with Gasteiger partial charge in [0.05, 0.1) is 39.9 Å². The molecule has 2 N–H and O–H groups in total. The highest BCUT2D eigenvalue weighted by Gasteiger charge is 2.23. The minimum atomic E-state index is -4.62. The summed E-state index contributed by atoms with van der Waals surface area (Å²) in [5, 5.41) is 13.9. The number of nitrogens with one attached hydrogen (secondary N) is 1. The fourth-order valence-electron chi connectivity index (χ4n) is 8.87. The number of amides is 1. The lowest BCUT2D eigenvalue weighted by Crippen LogP contribution is -2.45. The van der Waals surface area contributed by atoms with E-state index in [0.29, 0.717) is 17.4 Å². The third-order valence-corrected chi connectivity index (χ3v) is 14.6. The Balaban J connectivity index is 4.17. The van der Waals surface area contributed by atoms with Crippen LogP contribution in [0.1, 0.15) is 277 Å². The van der Waals surface area contributed by atoms with Crippen LogP contribution in [0.5, 0.6) is 0 Å². The van der Waals surface area contributed by atoms with E-state index in [2.05, 4.69) is 79.9 Å². The van der Waals surface area contributed by atoms with Gasteiger partial charge in [-0.1, -0.05) is 273 Å². The first-order valence-electron chi connectivity index (χ1n) is 30.8. The van der Waals surface area contributed by atoms with Gasteiger partial charge >= 0.3 is 0 Å². The molecule has 0 bridgehead atoms. The molecule has 0 aliphatic heterocycles. The summed E-state index contributed by atoms with van der Waals surface area (Å²) in [7, 11) is 1.23. The molecule has 8 nitrogen and oxygen atoms in total. The standard InChI is InChI=1S/C64H119N2O6P/c1-6-8-10-12-14-16-18-20-22-24-26-27-28-29-30-31-32-33-34-35-36-37-38-40-41-43-45-47-49-51-53-55-57-63(67)62(61-72-73(69,70)71-60-59-66(3,4)5)65-64(68)58-56-54-52-50-48-46-44-42-39-25-23-21-19-17-15-13-11-9-7-2/h9,11,15,17,21,23,39,42,47,49,55,57,62-63,67H,6-8,10,12-14,16,18-20,22,24-38,40-41,43-46,48,50-54,56,58-61H2,1-5H3,(H-,65,68,69,70)/b11-9-,17-15-,23-21-,42-39-,49-47+,57-55+. The van der Waals surface area contributed by atoms with Gasteiger partial charge in [0.2, 0.25) is 5.91 Å². The molecule has 0 fully saturated rings. The molecule has 0 rings (SSSR count). The number of allylic oxidation sites excluding steroid dienone is 11. The molecule has 0 spiro atoms. The van der Waals surface area contributed by atoms with Crippen molar-refractivity contribution >= 4 is 13.7 Å². The van der Waals surface area contributed by atoms with Crippen LogP contribution in [0.4, 0.5) is 0 Å². The Kier molecular flexibility index (Phi) is 53.2. The Morgan fingerprint density at radius 2 is 0.849 bits per heavy atom. The number of phosphoric acid groups is 1. The van der Waals surface area contributed by atoms with Crippen LogP contribution in [0.25, 0.3) is 0 Å². The zero-order valence-corrected chi connectivity index (χ0v) is 49.5. The molecular weight excluding hydrogens is 924 g/mol. The Morgan fingerprint density at radius 1 is 0.493 bits per heavy atom. The minimum Gasteiger partial charge on any atom is -0.756 e. The SMILES string of the molecule is CC/C=C\C/C=C\C/C=C\C/C=C\CCCCCCCCC(=O)NC(COP(=O)([O-])OCC[N+](C)(C)C)C(O)/C=C/CC/C=C/CCCCCCCCCCCCCCCCCCCCCCCCCCCC. The van der Waals surface area contributed by atoms with Gasteiger partial charge in [0.15, 0.2) is 0 Å². The van der Waals surface area contributed by atoms with Gasteiger partial charge in [0.1, 0.15) is 13.2 Å². The molecule has 73 heavy (non-hydrogen) atoms. The van der Waals surface area contributed by atoms with Crippen molar-refractivity contribution in [2.75, 3.05) is 40.9 Å². The Morgan fingerprint density at radius 3 is 1.27 bits per heavy atom. The molecule has 0 aliphatic rings. The van der Waals surface area contributed by atoms with Gasteiger partial charge in [-0.3, -0.25) is 9.36 Å². The van der Waals surface area contributed by atoms with Gasteiger partial charge in [-0.15, -0.1) is 0 Å². The molecule has 426 valence electrons. The summed E-state index contributed by atoms with van der Waals surface area (Å²) in [5.74, 6) is -0.221. The fourth-order valence-corrected chi connectivity index (χ4v) is 9.59. The second kappa shape index (κ2) is 54.7. The molecule has 0 aromatic rings. The highest BCUT2D eigenvalue weighted by Crippen LogP contribution is 2.38. The fraction of sp³-hybridized carbons (Fsp3) is 0.797. The van der Waals surface area contributed by atoms with Gasteiger partial charge in [-0.05, 0) is 70.6 Å². The molecule has 3 atom stereocenters. The van der Waals surface area contributed by atoms with Crippen molar-refractivity contribution in [3.63, 3.8) is 0 Å². The molecule has 0 aromatic heterocycles. The number of aliphatic hydroxyl groups excluding tert-OH is 1. The Hall–Kier alpha value is -2.06. The highest BCUT2D eigenvalue weighted by molar-refractivity contribution is 7.45. The molecule has 0 heterocycles. The van der Waals surface area contributed by atoms with E-state index in [1.807, 2.05) is 27.2 Å². The Bertz CT molecular complexity index is 1420. The maximum Gasteiger partial charge on any atom is 0.268 e. The van der Waals surface area contributed by atoms with Crippen LogP contribution in [-0.2, 0) is 18.4 Å². The van der Waals surface area contributed by atoms with Crippen LogP contribution in [0, 0.1) is 0 Å². The van der Waals surface area contributed by atoms with Crippen LogP contribution in [0.15, 0.2) is 72.9 Å². The highest BCUT2D eigenvalue weighted by atomic mass is 31.2. The number of carbonyl (C=O) groups is 1. The van der Waals surface area contributed by atoms with E-state index < -0.39 is 26.6 Å². The third-order valence-electron chi connectivity index (χ3n) is 13.7. The summed E-state index contributed by atoms with van der Waals surface area (Å²) < 4.78 is 23.3. The predicted molar refractivity (Wildman–Crippen MR) is 316 cm³/mol. The average molecular weight is 1040 g/mol. The van der Waals surface area contributed by atoms with Gasteiger partial charge < -0.3 is 28.8 Å². The number of quaternary nitrogens is 1. The smallest absolute Gasteiger partial charge is 0.268 e. The van der Waals surface area contributed by atoms with E-state index in [1.165, 1.54) is 180 Å². The third kappa shape index (κ3) is 57.5. The van der Waals surface area contributed by atoms with Crippen LogP contribution >= 0.6 is 7.82 Å². The molecule has 0 aliphatic carbocycles. The molecule has 1 amide bonds. The molecule has 3 unspecified atom stereocenters. The lowest BCUT2D eigenvalue weighted by Gasteiger charge is -2.29. The summed E-state index contributed by atoms with van der Waals surface area (Å²) >= 11 is 0. The van der Waals surface area contributed by atoms with Gasteiger partial charge in [-0.2, -0.15) is 0 Å². The van der Waals surface area contributed by atoms with Crippen molar-refractivity contribution in [2.45, 2.75) is 289 Å². The van der Waals surface area contributed by atoms with E-state index in [4.69, 9.17) is 9.05 Å².